The van der Waals surface area contributed by atoms with E-state index >= 15 is 0 Å². The third kappa shape index (κ3) is 3.88. The van der Waals surface area contributed by atoms with E-state index in [-0.39, 0.29) is 18.2 Å². The summed E-state index contributed by atoms with van der Waals surface area (Å²) in [5.74, 6) is -0.150. The fourth-order valence-electron chi connectivity index (χ4n) is 2.25. The lowest BCUT2D eigenvalue weighted by molar-refractivity contribution is 0.0632. The van der Waals surface area contributed by atoms with Crippen LogP contribution in [0.25, 0.3) is 0 Å². The number of hydrogen-bond donors (Lipinski definition) is 0. The van der Waals surface area contributed by atoms with Crippen LogP contribution in [-0.2, 0) is 6.61 Å². The molecule has 7 heteroatoms. The van der Waals surface area contributed by atoms with Crippen molar-refractivity contribution in [2.75, 3.05) is 0 Å². The normalized spacial score (nSPS) is 10.9. The molecule has 3 rings (SSSR count). The fourth-order valence-corrected chi connectivity index (χ4v) is 2.25. The summed E-state index contributed by atoms with van der Waals surface area (Å²) in [7, 11) is 0. The molecule has 0 aliphatic heterocycles. The van der Waals surface area contributed by atoms with Gasteiger partial charge >= 0.3 is 6.55 Å². The molecule has 0 bridgehead atoms. The average molecular weight is 346 g/mol. The minimum Gasteiger partial charge on any atom is -0.486 e. The number of aromatic nitrogens is 2. The van der Waals surface area contributed by atoms with Crippen molar-refractivity contribution in [2.45, 2.75) is 13.2 Å². The Kier molecular flexibility index (Phi) is 4.83. The summed E-state index contributed by atoms with van der Waals surface area (Å²) in [5.41, 5.74) is 0.780. The molecule has 0 spiro atoms. The van der Waals surface area contributed by atoms with E-state index in [0.29, 0.717) is 21.4 Å². The van der Waals surface area contributed by atoms with Crippen LogP contribution in [0.3, 0.4) is 0 Å². The molecule has 0 amide bonds. The van der Waals surface area contributed by atoms with Gasteiger partial charge in [-0.05, 0) is 48.5 Å². The minimum absolute atomic E-state index is 0.0986. The number of ether oxygens (including phenoxy) is 1. The van der Waals surface area contributed by atoms with Crippen LogP contribution in [0.4, 0.5) is 13.2 Å². The smallest absolute Gasteiger partial charge is 0.320 e. The Hall–Kier alpha value is -3.09. The SMILES string of the molecule is O=C(c1ccc(F)cc1)c1ccc(OCc2nccn2C(F)F)cc1. The summed E-state index contributed by atoms with van der Waals surface area (Å²) in [6.45, 7) is -2.81. The van der Waals surface area contributed by atoms with E-state index in [1.54, 1.807) is 24.3 Å². The van der Waals surface area contributed by atoms with Crippen molar-refractivity contribution >= 4 is 5.78 Å². The molecule has 25 heavy (non-hydrogen) atoms. The number of nitrogens with zero attached hydrogens (tertiary/aromatic N) is 2. The van der Waals surface area contributed by atoms with Crippen LogP contribution in [-0.4, -0.2) is 15.3 Å². The van der Waals surface area contributed by atoms with Crippen molar-refractivity contribution in [2.24, 2.45) is 0 Å². The highest BCUT2D eigenvalue weighted by atomic mass is 19.3. The van der Waals surface area contributed by atoms with Crippen molar-refractivity contribution in [1.29, 1.82) is 0 Å². The van der Waals surface area contributed by atoms with Gasteiger partial charge in [-0.15, -0.1) is 0 Å². The zero-order chi connectivity index (χ0) is 17.8. The Morgan fingerprint density at radius 3 is 2.24 bits per heavy atom. The number of alkyl halides is 2. The summed E-state index contributed by atoms with van der Waals surface area (Å²) in [6, 6.07) is 11.5. The first-order chi connectivity index (χ1) is 12.0. The Labute approximate surface area is 141 Å². The Balaban J connectivity index is 1.67. The molecule has 128 valence electrons. The van der Waals surface area contributed by atoms with E-state index < -0.39 is 12.4 Å². The maximum atomic E-state index is 12.9. The predicted molar refractivity (Wildman–Crippen MR) is 84.1 cm³/mol. The van der Waals surface area contributed by atoms with Crippen LogP contribution < -0.4 is 4.74 Å². The zero-order valence-electron chi connectivity index (χ0n) is 12.9. The van der Waals surface area contributed by atoms with Crippen LogP contribution >= 0.6 is 0 Å². The highest BCUT2D eigenvalue weighted by Crippen LogP contribution is 2.18. The molecule has 0 saturated carbocycles. The monoisotopic (exact) mass is 346 g/mol. The van der Waals surface area contributed by atoms with Crippen molar-refractivity contribution in [1.82, 2.24) is 9.55 Å². The molecular weight excluding hydrogens is 333 g/mol. The van der Waals surface area contributed by atoms with Crippen LogP contribution in [0.1, 0.15) is 28.3 Å². The van der Waals surface area contributed by atoms with E-state index in [0.717, 1.165) is 0 Å². The Morgan fingerprint density at radius 1 is 1.04 bits per heavy atom. The molecule has 3 aromatic rings. The van der Waals surface area contributed by atoms with Crippen LogP contribution in [0, 0.1) is 5.82 Å². The van der Waals surface area contributed by atoms with Gasteiger partial charge in [0.1, 0.15) is 18.2 Å². The van der Waals surface area contributed by atoms with Gasteiger partial charge in [0.25, 0.3) is 0 Å². The number of rotatable bonds is 6. The third-order valence-electron chi connectivity index (χ3n) is 3.55. The predicted octanol–water partition coefficient (Wildman–Crippen LogP) is 4.23. The molecule has 1 heterocycles. The molecule has 4 nitrogen and oxygen atoms in total. The third-order valence-corrected chi connectivity index (χ3v) is 3.55. The summed E-state index contributed by atoms with van der Waals surface area (Å²) in [6.07, 6.45) is 2.45. The van der Waals surface area contributed by atoms with E-state index in [2.05, 4.69) is 4.98 Å². The molecule has 0 N–H and O–H groups in total. The first kappa shape index (κ1) is 16.8. The van der Waals surface area contributed by atoms with E-state index in [9.17, 15) is 18.0 Å². The maximum absolute atomic E-state index is 12.9. The number of imidazole rings is 1. The lowest BCUT2D eigenvalue weighted by Crippen LogP contribution is -2.07. The fraction of sp³-hybridized carbons (Fsp3) is 0.111. The van der Waals surface area contributed by atoms with Gasteiger partial charge in [0.15, 0.2) is 11.6 Å². The second kappa shape index (κ2) is 7.21. The van der Waals surface area contributed by atoms with Crippen molar-refractivity contribution in [3.05, 3.63) is 83.7 Å². The number of carbonyl (C=O) groups is 1. The largest absolute Gasteiger partial charge is 0.486 e. The molecule has 0 saturated heterocycles. The van der Waals surface area contributed by atoms with Gasteiger partial charge in [-0.3, -0.25) is 9.36 Å². The van der Waals surface area contributed by atoms with Crippen molar-refractivity contribution in [3.8, 4) is 5.75 Å². The molecule has 0 unspecified atom stereocenters. The lowest BCUT2D eigenvalue weighted by Gasteiger charge is -2.09. The summed E-state index contributed by atoms with van der Waals surface area (Å²) < 4.78 is 44.5. The molecule has 0 aliphatic rings. The van der Waals surface area contributed by atoms with Crippen molar-refractivity contribution < 1.29 is 22.7 Å². The highest BCUT2D eigenvalue weighted by Gasteiger charge is 2.12. The van der Waals surface area contributed by atoms with Gasteiger partial charge in [-0.1, -0.05) is 0 Å². The van der Waals surface area contributed by atoms with Gasteiger partial charge in [0, 0.05) is 23.5 Å². The molecular formula is C18H13F3N2O2. The summed E-state index contributed by atoms with van der Waals surface area (Å²) in [4.78, 5) is 16.1. The van der Waals surface area contributed by atoms with Gasteiger partial charge in [-0.25, -0.2) is 9.37 Å². The zero-order valence-corrected chi connectivity index (χ0v) is 12.9. The Bertz CT molecular complexity index is 859. The molecule has 0 atom stereocenters. The minimum atomic E-state index is -2.68. The first-order valence-corrected chi connectivity index (χ1v) is 7.37. The van der Waals surface area contributed by atoms with E-state index in [4.69, 9.17) is 4.74 Å². The summed E-state index contributed by atoms with van der Waals surface area (Å²) in [5, 5.41) is 0. The van der Waals surface area contributed by atoms with Gasteiger partial charge in [0.05, 0.1) is 0 Å². The highest BCUT2D eigenvalue weighted by molar-refractivity contribution is 6.08. The maximum Gasteiger partial charge on any atom is 0.320 e. The van der Waals surface area contributed by atoms with Crippen LogP contribution in [0.2, 0.25) is 0 Å². The molecule has 0 fully saturated rings. The van der Waals surface area contributed by atoms with Crippen LogP contribution in [0.5, 0.6) is 5.75 Å². The molecule has 1 aromatic heterocycles. The van der Waals surface area contributed by atoms with E-state index in [1.165, 1.54) is 36.7 Å². The Morgan fingerprint density at radius 2 is 1.64 bits per heavy atom. The van der Waals surface area contributed by atoms with E-state index in [1.807, 2.05) is 0 Å². The average Bonchev–Trinajstić information content (AvgIpc) is 3.09. The number of hydrogen-bond acceptors (Lipinski definition) is 3. The summed E-state index contributed by atoms with van der Waals surface area (Å²) >= 11 is 0. The second-order valence-electron chi connectivity index (χ2n) is 5.18. The lowest BCUT2D eigenvalue weighted by atomic mass is 10.0. The van der Waals surface area contributed by atoms with Crippen molar-refractivity contribution in [3.63, 3.8) is 0 Å². The topological polar surface area (TPSA) is 44.1 Å². The standard InChI is InChI=1S/C18H13F3N2O2/c19-14-5-1-12(2-6-14)17(24)13-3-7-15(8-4-13)25-11-16-22-9-10-23(16)18(20)21/h1-10,18H,11H2. The van der Waals surface area contributed by atoms with Gasteiger partial charge < -0.3 is 4.74 Å². The molecule has 0 radical (unpaired) electrons. The van der Waals surface area contributed by atoms with Crippen LogP contribution in [0.15, 0.2) is 60.9 Å². The number of carbonyl (C=O) groups excluding carboxylic acids is 1. The quantitative estimate of drug-likeness (QED) is 0.628. The molecule has 2 aromatic carbocycles. The number of benzene rings is 2. The molecule has 0 aliphatic carbocycles. The van der Waals surface area contributed by atoms with Gasteiger partial charge in [-0.2, -0.15) is 8.78 Å². The second-order valence-corrected chi connectivity index (χ2v) is 5.18. The number of halogens is 3. The van der Waals surface area contributed by atoms with Gasteiger partial charge in [0.2, 0.25) is 0 Å². The first-order valence-electron chi connectivity index (χ1n) is 7.37. The number of ketones is 1.